The number of piperidine rings is 1. The minimum absolute atomic E-state index is 0.0238. The molecule has 0 saturated carbocycles. The van der Waals surface area contributed by atoms with E-state index in [4.69, 9.17) is 9.40 Å². The molecule has 9 heteroatoms. The normalized spacial score (nSPS) is 14.8. The number of non-ortho nitro benzene ring substituents is 1. The fourth-order valence-corrected chi connectivity index (χ4v) is 4.04. The first kappa shape index (κ1) is 19.4. The summed E-state index contributed by atoms with van der Waals surface area (Å²) in [6.45, 7) is 3.39. The highest BCUT2D eigenvalue weighted by molar-refractivity contribution is 5.76. The van der Waals surface area contributed by atoms with Crippen molar-refractivity contribution in [1.82, 2.24) is 24.6 Å². The van der Waals surface area contributed by atoms with Crippen LogP contribution in [0.15, 0.2) is 52.9 Å². The van der Waals surface area contributed by atoms with Crippen molar-refractivity contribution in [3.05, 3.63) is 70.4 Å². The van der Waals surface area contributed by atoms with Gasteiger partial charge in [-0.3, -0.25) is 15.0 Å². The van der Waals surface area contributed by atoms with Crippen molar-refractivity contribution in [2.45, 2.75) is 32.4 Å². The van der Waals surface area contributed by atoms with E-state index in [0.29, 0.717) is 23.9 Å². The minimum Gasteiger partial charge on any atom is -0.419 e. The van der Waals surface area contributed by atoms with E-state index in [0.717, 1.165) is 36.5 Å². The molecule has 0 spiro atoms. The molecule has 3 heterocycles. The Morgan fingerprint density at radius 3 is 2.52 bits per heavy atom. The first-order valence-electron chi connectivity index (χ1n) is 10.4. The van der Waals surface area contributed by atoms with E-state index in [1.807, 2.05) is 18.2 Å². The minimum atomic E-state index is -0.433. The molecule has 5 rings (SSSR count). The van der Waals surface area contributed by atoms with Crippen molar-refractivity contribution in [3.63, 3.8) is 0 Å². The van der Waals surface area contributed by atoms with Gasteiger partial charge < -0.3 is 8.98 Å². The molecule has 1 fully saturated rings. The number of hydrogen-bond acceptors (Lipinski definition) is 7. The smallest absolute Gasteiger partial charge is 0.269 e. The summed E-state index contributed by atoms with van der Waals surface area (Å²) in [5.74, 6) is 1.79. The Bertz CT molecular complexity index is 1210. The molecule has 31 heavy (non-hydrogen) atoms. The number of nitrogens with zero attached hydrogens (tertiary/aromatic N) is 6. The summed E-state index contributed by atoms with van der Waals surface area (Å²) in [6, 6.07) is 14.1. The summed E-state index contributed by atoms with van der Waals surface area (Å²) in [5, 5.41) is 19.2. The number of hydrogen-bond donors (Lipinski definition) is 0. The molecule has 1 aliphatic heterocycles. The average Bonchev–Trinajstić information content (AvgIpc) is 3.40. The Kier molecular flexibility index (Phi) is 5.17. The van der Waals surface area contributed by atoms with Gasteiger partial charge in [0.15, 0.2) is 0 Å². The number of benzene rings is 2. The van der Waals surface area contributed by atoms with Gasteiger partial charge in [0.25, 0.3) is 5.69 Å². The molecule has 0 radical (unpaired) electrons. The predicted molar refractivity (Wildman–Crippen MR) is 114 cm³/mol. The van der Waals surface area contributed by atoms with E-state index in [9.17, 15) is 10.1 Å². The van der Waals surface area contributed by atoms with Crippen LogP contribution in [0.3, 0.4) is 0 Å². The molecule has 0 atom stereocenters. The lowest BCUT2D eigenvalue weighted by atomic mass is 10.1. The van der Waals surface area contributed by atoms with Crippen LogP contribution in [0.2, 0.25) is 0 Å². The van der Waals surface area contributed by atoms with Crippen molar-refractivity contribution in [1.29, 1.82) is 0 Å². The first-order chi connectivity index (χ1) is 15.2. The fraction of sp³-hybridized carbons (Fsp3) is 0.318. The summed E-state index contributed by atoms with van der Waals surface area (Å²) in [7, 11) is 0. The van der Waals surface area contributed by atoms with Gasteiger partial charge in [0.05, 0.1) is 22.5 Å². The average molecular weight is 418 g/mol. The van der Waals surface area contributed by atoms with Gasteiger partial charge in [-0.25, -0.2) is 4.98 Å². The number of nitro benzene ring substituents is 1. The van der Waals surface area contributed by atoms with E-state index in [2.05, 4.69) is 25.7 Å². The first-order valence-corrected chi connectivity index (χ1v) is 10.4. The SMILES string of the molecule is O=[N+]([O-])c1ccc(-c2nnc(Cn3c(CN4CCCCC4)nc4ccccc43)o2)cc1. The maximum atomic E-state index is 10.9. The molecule has 0 unspecified atom stereocenters. The van der Waals surface area contributed by atoms with Crippen molar-refractivity contribution in [3.8, 4) is 11.5 Å². The molecule has 0 bridgehead atoms. The van der Waals surface area contributed by atoms with Gasteiger partial charge in [0.1, 0.15) is 12.4 Å². The van der Waals surface area contributed by atoms with Gasteiger partial charge in [-0.1, -0.05) is 18.6 Å². The Balaban J connectivity index is 1.42. The molecule has 0 amide bonds. The van der Waals surface area contributed by atoms with E-state index in [1.54, 1.807) is 12.1 Å². The highest BCUT2D eigenvalue weighted by atomic mass is 16.6. The second kappa shape index (κ2) is 8.27. The van der Waals surface area contributed by atoms with Gasteiger partial charge in [-0.2, -0.15) is 0 Å². The molecule has 158 valence electrons. The Labute approximate surface area is 178 Å². The molecule has 2 aromatic carbocycles. The largest absolute Gasteiger partial charge is 0.419 e. The number of para-hydroxylation sites is 2. The highest BCUT2D eigenvalue weighted by Crippen LogP contribution is 2.24. The van der Waals surface area contributed by atoms with Crippen molar-refractivity contribution < 1.29 is 9.34 Å². The zero-order chi connectivity index (χ0) is 21.2. The van der Waals surface area contributed by atoms with E-state index in [-0.39, 0.29) is 5.69 Å². The van der Waals surface area contributed by atoms with Crippen LogP contribution in [-0.2, 0) is 13.1 Å². The van der Waals surface area contributed by atoms with Gasteiger partial charge in [-0.15, -0.1) is 10.2 Å². The third kappa shape index (κ3) is 4.04. The molecule has 2 aromatic heterocycles. The molecular weight excluding hydrogens is 396 g/mol. The lowest BCUT2D eigenvalue weighted by molar-refractivity contribution is -0.384. The van der Waals surface area contributed by atoms with Gasteiger partial charge >= 0.3 is 0 Å². The number of likely N-dealkylation sites (tertiary alicyclic amines) is 1. The van der Waals surface area contributed by atoms with Crippen molar-refractivity contribution >= 4 is 16.7 Å². The van der Waals surface area contributed by atoms with Crippen LogP contribution >= 0.6 is 0 Å². The van der Waals surface area contributed by atoms with E-state index in [1.165, 1.54) is 31.4 Å². The summed E-state index contributed by atoms with van der Waals surface area (Å²) in [6.07, 6.45) is 3.74. The van der Waals surface area contributed by atoms with Crippen LogP contribution in [-0.4, -0.2) is 42.7 Å². The van der Waals surface area contributed by atoms with Crippen LogP contribution in [0.1, 0.15) is 31.0 Å². The Hall–Kier alpha value is -3.59. The summed E-state index contributed by atoms with van der Waals surface area (Å²) < 4.78 is 8.02. The fourth-order valence-electron chi connectivity index (χ4n) is 4.04. The number of aromatic nitrogens is 4. The lowest BCUT2D eigenvalue weighted by Gasteiger charge is -2.26. The second-order valence-corrected chi connectivity index (χ2v) is 7.74. The van der Waals surface area contributed by atoms with Gasteiger partial charge in [0.2, 0.25) is 11.8 Å². The van der Waals surface area contributed by atoms with Gasteiger partial charge in [-0.05, 0) is 50.2 Å². The quantitative estimate of drug-likeness (QED) is 0.344. The maximum absolute atomic E-state index is 10.9. The summed E-state index contributed by atoms with van der Waals surface area (Å²) >= 11 is 0. The van der Waals surface area contributed by atoms with Crippen LogP contribution in [0.4, 0.5) is 5.69 Å². The highest BCUT2D eigenvalue weighted by Gasteiger charge is 2.18. The Morgan fingerprint density at radius 1 is 0.968 bits per heavy atom. The predicted octanol–water partition coefficient (Wildman–Crippen LogP) is 4.03. The maximum Gasteiger partial charge on any atom is 0.269 e. The van der Waals surface area contributed by atoms with Crippen molar-refractivity contribution in [2.24, 2.45) is 0 Å². The third-order valence-corrected chi connectivity index (χ3v) is 5.63. The number of fused-ring (bicyclic) bond motifs is 1. The summed E-state index contributed by atoms with van der Waals surface area (Å²) in [4.78, 5) is 17.7. The van der Waals surface area contributed by atoms with Crippen LogP contribution in [0.5, 0.6) is 0 Å². The second-order valence-electron chi connectivity index (χ2n) is 7.74. The molecule has 9 nitrogen and oxygen atoms in total. The molecular formula is C22H22N6O3. The number of rotatable bonds is 6. The molecule has 1 aliphatic rings. The van der Waals surface area contributed by atoms with Gasteiger partial charge in [0, 0.05) is 17.7 Å². The standard InChI is InChI=1S/C22H22N6O3/c29-28(30)17-10-8-16(9-11-17)22-25-24-21(31-22)15-27-19-7-3-2-6-18(19)23-20(27)14-26-12-4-1-5-13-26/h2-3,6-11H,1,4-5,12-15H2. The summed E-state index contributed by atoms with van der Waals surface area (Å²) in [5.41, 5.74) is 2.65. The zero-order valence-electron chi connectivity index (χ0n) is 17.0. The molecule has 0 aliphatic carbocycles. The van der Waals surface area contributed by atoms with Crippen molar-refractivity contribution in [2.75, 3.05) is 13.1 Å². The molecule has 4 aromatic rings. The number of nitro groups is 1. The van der Waals surface area contributed by atoms with E-state index >= 15 is 0 Å². The van der Waals surface area contributed by atoms with E-state index < -0.39 is 4.92 Å². The lowest BCUT2D eigenvalue weighted by Crippen LogP contribution is -2.30. The molecule has 1 saturated heterocycles. The van der Waals surface area contributed by atoms with Crippen LogP contribution < -0.4 is 0 Å². The Morgan fingerprint density at radius 2 is 1.74 bits per heavy atom. The van der Waals surface area contributed by atoms with Crippen LogP contribution in [0.25, 0.3) is 22.5 Å². The van der Waals surface area contributed by atoms with Crippen LogP contribution in [0, 0.1) is 10.1 Å². The molecule has 0 N–H and O–H groups in total. The zero-order valence-corrected chi connectivity index (χ0v) is 17.0. The monoisotopic (exact) mass is 418 g/mol. The topological polar surface area (TPSA) is 103 Å². The third-order valence-electron chi connectivity index (χ3n) is 5.63. The number of imidazole rings is 1.